The molecule has 0 aliphatic heterocycles. The molecule has 1 N–H and O–H groups in total. The number of aryl methyl sites for hydroxylation is 2. The smallest absolute Gasteiger partial charge is 0.255 e. The zero-order chi connectivity index (χ0) is 18.6. The molecule has 2 aromatic rings. The molecule has 4 saturated carbocycles. The van der Waals surface area contributed by atoms with E-state index in [1.54, 1.807) is 0 Å². The topological polar surface area (TPSA) is 29.1 Å². The van der Waals surface area contributed by atoms with Crippen LogP contribution in [0.25, 0.3) is 0 Å². The Hall–Kier alpha value is -2.09. The summed E-state index contributed by atoms with van der Waals surface area (Å²) in [5, 5.41) is 3.18. The van der Waals surface area contributed by atoms with E-state index in [1.165, 1.54) is 49.7 Å². The van der Waals surface area contributed by atoms with Gasteiger partial charge in [0.15, 0.2) is 0 Å². The van der Waals surface area contributed by atoms with Gasteiger partial charge in [0.25, 0.3) is 5.91 Å². The molecule has 4 aliphatic carbocycles. The normalized spacial score (nSPS) is 31.1. The Morgan fingerprint density at radius 3 is 2.07 bits per heavy atom. The van der Waals surface area contributed by atoms with Gasteiger partial charge in [0.1, 0.15) is 0 Å². The summed E-state index contributed by atoms with van der Waals surface area (Å²) in [7, 11) is 0. The van der Waals surface area contributed by atoms with E-state index >= 15 is 0 Å². The Bertz CT molecular complexity index is 844. The van der Waals surface area contributed by atoms with Crippen molar-refractivity contribution in [2.45, 2.75) is 57.8 Å². The monoisotopic (exact) mass is 359 g/mol. The first kappa shape index (κ1) is 17.0. The van der Waals surface area contributed by atoms with Crippen LogP contribution in [-0.4, -0.2) is 5.91 Å². The maximum absolute atomic E-state index is 12.7. The molecule has 4 bridgehead atoms. The van der Waals surface area contributed by atoms with Crippen molar-refractivity contribution in [3.8, 4) is 0 Å². The lowest BCUT2D eigenvalue weighted by Gasteiger charge is -2.57. The van der Waals surface area contributed by atoms with Gasteiger partial charge in [-0.15, -0.1) is 0 Å². The van der Waals surface area contributed by atoms with Crippen LogP contribution < -0.4 is 5.32 Å². The van der Waals surface area contributed by atoms with E-state index in [0.717, 1.165) is 34.6 Å². The van der Waals surface area contributed by atoms with Crippen molar-refractivity contribution in [2.75, 3.05) is 5.32 Å². The number of nitrogens with one attached hydrogen (secondary N) is 1. The Morgan fingerprint density at radius 2 is 1.48 bits per heavy atom. The second kappa shape index (κ2) is 6.22. The van der Waals surface area contributed by atoms with Gasteiger partial charge in [-0.05, 0) is 105 Å². The van der Waals surface area contributed by atoms with Crippen LogP contribution in [0.3, 0.4) is 0 Å². The second-order valence-corrected chi connectivity index (χ2v) is 9.55. The average Bonchev–Trinajstić information content (AvgIpc) is 2.63. The maximum Gasteiger partial charge on any atom is 0.255 e. The van der Waals surface area contributed by atoms with E-state index < -0.39 is 0 Å². The summed E-state index contributed by atoms with van der Waals surface area (Å²) in [6, 6.07) is 14.6. The predicted octanol–water partition coefficient (Wildman–Crippen LogP) is 6.02. The summed E-state index contributed by atoms with van der Waals surface area (Å²) >= 11 is 0. The zero-order valence-corrected chi connectivity index (χ0v) is 16.4. The average molecular weight is 360 g/mol. The second-order valence-electron chi connectivity index (χ2n) is 9.55. The molecule has 2 nitrogen and oxygen atoms in total. The van der Waals surface area contributed by atoms with Gasteiger partial charge in [-0.3, -0.25) is 4.79 Å². The van der Waals surface area contributed by atoms with Gasteiger partial charge in [0.05, 0.1) is 0 Å². The van der Waals surface area contributed by atoms with Crippen molar-refractivity contribution < 1.29 is 4.79 Å². The lowest BCUT2D eigenvalue weighted by molar-refractivity contribution is -0.00517. The highest BCUT2D eigenvalue weighted by atomic mass is 16.1. The van der Waals surface area contributed by atoms with Gasteiger partial charge in [0, 0.05) is 11.3 Å². The van der Waals surface area contributed by atoms with Gasteiger partial charge in [-0.2, -0.15) is 0 Å². The molecule has 0 heterocycles. The van der Waals surface area contributed by atoms with Crippen LogP contribution in [0.1, 0.15) is 65.6 Å². The van der Waals surface area contributed by atoms with Crippen LogP contribution in [0.5, 0.6) is 0 Å². The molecule has 1 amide bonds. The van der Waals surface area contributed by atoms with Gasteiger partial charge < -0.3 is 5.32 Å². The van der Waals surface area contributed by atoms with Crippen molar-refractivity contribution >= 4 is 11.6 Å². The fourth-order valence-electron chi connectivity index (χ4n) is 6.45. The molecule has 2 heteroatoms. The highest BCUT2D eigenvalue weighted by Crippen LogP contribution is 2.60. The minimum Gasteiger partial charge on any atom is -0.322 e. The van der Waals surface area contributed by atoms with E-state index in [4.69, 9.17) is 0 Å². The van der Waals surface area contributed by atoms with Crippen LogP contribution in [0, 0.1) is 31.6 Å². The van der Waals surface area contributed by atoms with Crippen molar-refractivity contribution in [3.63, 3.8) is 0 Å². The minimum absolute atomic E-state index is 0.0132. The number of hydrogen-bond donors (Lipinski definition) is 1. The molecular weight excluding hydrogens is 330 g/mol. The van der Waals surface area contributed by atoms with Crippen LogP contribution >= 0.6 is 0 Å². The fraction of sp³-hybridized carbons (Fsp3) is 0.480. The third kappa shape index (κ3) is 2.99. The van der Waals surface area contributed by atoms with Crippen molar-refractivity contribution in [1.29, 1.82) is 0 Å². The number of hydrogen-bond acceptors (Lipinski definition) is 1. The molecule has 4 aliphatic rings. The number of amides is 1. The summed E-state index contributed by atoms with van der Waals surface area (Å²) in [5.74, 6) is 2.79. The SMILES string of the molecule is Cc1ccc(C(=O)Nc2cc(C34CC5CC(CC(C5)C3)C4)ccc2C)cc1. The summed E-state index contributed by atoms with van der Waals surface area (Å²) in [6.07, 6.45) is 8.45. The Kier molecular flexibility index (Phi) is 3.93. The van der Waals surface area contributed by atoms with Crippen molar-refractivity contribution in [3.05, 3.63) is 64.7 Å². The number of carbonyl (C=O) groups excluding carboxylic acids is 1. The fourth-order valence-corrected chi connectivity index (χ4v) is 6.45. The van der Waals surface area contributed by atoms with Crippen molar-refractivity contribution in [2.24, 2.45) is 17.8 Å². The third-order valence-corrected chi connectivity index (χ3v) is 7.45. The van der Waals surface area contributed by atoms with E-state index in [-0.39, 0.29) is 5.91 Å². The summed E-state index contributed by atoms with van der Waals surface area (Å²) in [4.78, 5) is 12.7. The molecule has 0 radical (unpaired) electrons. The first-order chi connectivity index (χ1) is 13.0. The third-order valence-electron chi connectivity index (χ3n) is 7.45. The largest absolute Gasteiger partial charge is 0.322 e. The molecule has 4 fully saturated rings. The summed E-state index contributed by atoms with van der Waals surface area (Å²) in [5.41, 5.74) is 5.85. The van der Waals surface area contributed by atoms with E-state index in [1.807, 2.05) is 31.2 Å². The van der Waals surface area contributed by atoms with E-state index in [2.05, 4.69) is 30.4 Å². The Morgan fingerprint density at radius 1 is 0.889 bits per heavy atom. The van der Waals surface area contributed by atoms with E-state index in [9.17, 15) is 4.79 Å². The molecule has 140 valence electrons. The molecule has 0 saturated heterocycles. The van der Waals surface area contributed by atoms with Gasteiger partial charge in [0.2, 0.25) is 0 Å². The number of rotatable bonds is 3. The minimum atomic E-state index is -0.0132. The molecule has 0 atom stereocenters. The number of carbonyl (C=O) groups is 1. The maximum atomic E-state index is 12.7. The van der Waals surface area contributed by atoms with Crippen LogP contribution in [-0.2, 0) is 5.41 Å². The highest BCUT2D eigenvalue weighted by Gasteiger charge is 2.51. The lowest BCUT2D eigenvalue weighted by atomic mass is 9.48. The predicted molar refractivity (Wildman–Crippen MR) is 110 cm³/mol. The molecule has 0 aromatic heterocycles. The summed E-state index contributed by atoms with van der Waals surface area (Å²) in [6.45, 7) is 4.13. The van der Waals surface area contributed by atoms with Crippen molar-refractivity contribution in [1.82, 2.24) is 0 Å². The number of anilines is 1. The highest BCUT2D eigenvalue weighted by molar-refractivity contribution is 6.04. The molecule has 2 aromatic carbocycles. The standard InChI is InChI=1S/C25H29NO/c1-16-3-6-21(7-4-16)24(27)26-23-12-22(8-5-17(23)2)25-13-18-9-19(14-25)11-20(10-18)15-25/h3-8,12,18-20H,9-11,13-15H2,1-2H3,(H,26,27). The number of benzene rings is 2. The first-order valence-electron chi connectivity index (χ1n) is 10.5. The zero-order valence-electron chi connectivity index (χ0n) is 16.4. The van der Waals surface area contributed by atoms with Gasteiger partial charge in [-0.25, -0.2) is 0 Å². The van der Waals surface area contributed by atoms with Gasteiger partial charge >= 0.3 is 0 Å². The first-order valence-corrected chi connectivity index (χ1v) is 10.5. The van der Waals surface area contributed by atoms with Gasteiger partial charge in [-0.1, -0.05) is 29.8 Å². The molecule has 0 unspecified atom stereocenters. The Balaban J connectivity index is 1.43. The molecule has 0 spiro atoms. The summed E-state index contributed by atoms with van der Waals surface area (Å²) < 4.78 is 0. The van der Waals surface area contributed by atoms with Crippen LogP contribution in [0.4, 0.5) is 5.69 Å². The molecule has 27 heavy (non-hydrogen) atoms. The molecular formula is C25H29NO. The van der Waals surface area contributed by atoms with Crippen LogP contribution in [0.2, 0.25) is 0 Å². The van der Waals surface area contributed by atoms with E-state index in [0.29, 0.717) is 5.41 Å². The lowest BCUT2D eigenvalue weighted by Crippen LogP contribution is -2.48. The molecule has 6 rings (SSSR count). The quantitative estimate of drug-likeness (QED) is 0.713. The van der Waals surface area contributed by atoms with Crippen LogP contribution in [0.15, 0.2) is 42.5 Å². The Labute approximate surface area is 162 Å².